The number of hydrogen-bond acceptors (Lipinski definition) is 2. The van der Waals surface area contributed by atoms with Crippen molar-refractivity contribution in [2.24, 2.45) is 0 Å². The van der Waals surface area contributed by atoms with Gasteiger partial charge in [0.25, 0.3) is 0 Å². The fourth-order valence-corrected chi connectivity index (χ4v) is 2.35. The van der Waals surface area contributed by atoms with E-state index < -0.39 is 0 Å². The first-order chi connectivity index (χ1) is 8.31. The Morgan fingerprint density at radius 3 is 2.47 bits per heavy atom. The lowest BCUT2D eigenvalue weighted by Gasteiger charge is -2.25. The smallest absolute Gasteiger partial charge is 0.0761 e. The molecule has 0 atom stereocenters. The summed E-state index contributed by atoms with van der Waals surface area (Å²) in [6.45, 7) is 12.2. The zero-order valence-corrected chi connectivity index (χ0v) is 10.8. The van der Waals surface area contributed by atoms with Gasteiger partial charge in [-0.05, 0) is 30.5 Å². The highest BCUT2D eigenvalue weighted by Crippen LogP contribution is 2.29. The highest BCUT2D eigenvalue weighted by molar-refractivity contribution is 7.97. The average Bonchev–Trinajstić information content (AvgIpc) is 2.37. The van der Waals surface area contributed by atoms with Crippen LogP contribution in [-0.4, -0.2) is 10.8 Å². The maximum atomic E-state index is 3.85. The third kappa shape index (κ3) is 4.63. The van der Waals surface area contributed by atoms with E-state index in [-0.39, 0.29) is 0 Å². The second-order valence-electron chi connectivity index (χ2n) is 3.44. The van der Waals surface area contributed by atoms with Crippen LogP contribution >= 0.6 is 11.9 Å². The molecular weight excluding hydrogens is 230 g/mol. The first-order valence-electron chi connectivity index (χ1n) is 5.52. The molecular formula is C15H18NS. The van der Waals surface area contributed by atoms with E-state index in [4.69, 9.17) is 0 Å². The normalized spacial score (nSPS) is 10.5. The molecule has 0 fully saturated rings. The molecule has 0 bridgehead atoms. The van der Waals surface area contributed by atoms with E-state index in [1.54, 1.807) is 11.9 Å². The number of nitrogens with zero attached hydrogens (tertiary/aromatic N) is 1. The van der Waals surface area contributed by atoms with E-state index in [1.807, 2.05) is 36.4 Å². The van der Waals surface area contributed by atoms with Gasteiger partial charge in [0.1, 0.15) is 0 Å². The van der Waals surface area contributed by atoms with E-state index in [2.05, 4.69) is 36.2 Å². The minimum atomic E-state index is 0.786. The highest BCUT2D eigenvalue weighted by atomic mass is 32.2. The van der Waals surface area contributed by atoms with Crippen molar-refractivity contribution < 1.29 is 0 Å². The predicted molar refractivity (Wildman–Crippen MR) is 77.5 cm³/mol. The lowest BCUT2D eigenvalue weighted by atomic mass is 10.2. The molecule has 1 aromatic carbocycles. The maximum Gasteiger partial charge on any atom is 0.0761 e. The largest absolute Gasteiger partial charge is 0.230 e. The van der Waals surface area contributed by atoms with Crippen LogP contribution in [-0.2, 0) is 0 Å². The van der Waals surface area contributed by atoms with Gasteiger partial charge in [0.05, 0.1) is 6.04 Å². The van der Waals surface area contributed by atoms with Crippen LogP contribution in [0.15, 0.2) is 73.2 Å². The van der Waals surface area contributed by atoms with Crippen molar-refractivity contribution >= 4 is 11.9 Å². The van der Waals surface area contributed by atoms with Gasteiger partial charge < -0.3 is 0 Å². The highest BCUT2D eigenvalue weighted by Gasteiger charge is 2.15. The fourth-order valence-electron chi connectivity index (χ4n) is 1.37. The van der Waals surface area contributed by atoms with E-state index in [0.29, 0.717) is 0 Å². The van der Waals surface area contributed by atoms with Gasteiger partial charge in [-0.15, -0.1) is 19.7 Å². The van der Waals surface area contributed by atoms with Gasteiger partial charge in [-0.25, -0.2) is 4.31 Å². The van der Waals surface area contributed by atoms with Crippen LogP contribution in [0.2, 0.25) is 0 Å². The summed E-state index contributed by atoms with van der Waals surface area (Å²) in [6, 6.07) is 11.4. The van der Waals surface area contributed by atoms with Crippen molar-refractivity contribution in [3.05, 3.63) is 74.3 Å². The molecule has 17 heavy (non-hydrogen) atoms. The molecule has 0 aliphatic heterocycles. The molecule has 1 rings (SSSR count). The van der Waals surface area contributed by atoms with Gasteiger partial charge in [0.15, 0.2) is 0 Å². The summed E-state index contributed by atoms with van der Waals surface area (Å²) in [6.07, 6.45) is 6.47. The topological polar surface area (TPSA) is 3.24 Å². The van der Waals surface area contributed by atoms with Gasteiger partial charge >= 0.3 is 0 Å². The Bertz CT molecular complexity index is 358. The second kappa shape index (κ2) is 7.93. The van der Waals surface area contributed by atoms with Crippen LogP contribution in [0.4, 0.5) is 0 Å². The van der Waals surface area contributed by atoms with Crippen molar-refractivity contribution in [2.75, 3.05) is 6.54 Å². The van der Waals surface area contributed by atoms with Crippen LogP contribution in [0, 0.1) is 6.04 Å². The molecule has 0 aromatic heterocycles. The summed E-state index contributed by atoms with van der Waals surface area (Å²) in [5, 5.41) is 0. The van der Waals surface area contributed by atoms with Crippen molar-refractivity contribution in [1.29, 1.82) is 0 Å². The van der Waals surface area contributed by atoms with Crippen LogP contribution in [0.25, 0.3) is 0 Å². The summed E-state index contributed by atoms with van der Waals surface area (Å²) in [5.41, 5.74) is 0. The molecule has 0 aliphatic rings. The second-order valence-corrected chi connectivity index (χ2v) is 4.54. The van der Waals surface area contributed by atoms with E-state index in [0.717, 1.165) is 19.0 Å². The third-order valence-electron chi connectivity index (χ3n) is 2.16. The van der Waals surface area contributed by atoms with Gasteiger partial charge in [-0.3, -0.25) is 0 Å². The molecule has 2 heteroatoms. The Balaban J connectivity index is 2.74. The maximum absolute atomic E-state index is 3.85. The van der Waals surface area contributed by atoms with Crippen molar-refractivity contribution in [3.8, 4) is 0 Å². The SMILES string of the molecule is C=CC[C](C=C)N([14CH2]C=C)S[14c]1ccccc1. The number of rotatable bonds is 8. The van der Waals surface area contributed by atoms with Crippen LogP contribution in [0.3, 0.4) is 0 Å². The quantitative estimate of drug-likeness (QED) is 0.493. The predicted octanol–water partition coefficient (Wildman–Crippen LogP) is 4.48. The Labute approximate surface area is 109 Å². The molecule has 0 unspecified atom stereocenters. The zero-order chi connectivity index (χ0) is 12.5. The molecule has 0 spiro atoms. The lowest BCUT2D eigenvalue weighted by Crippen LogP contribution is -2.20. The van der Waals surface area contributed by atoms with Crippen molar-refractivity contribution in [2.45, 2.75) is 11.3 Å². The zero-order valence-electron chi connectivity index (χ0n) is 10.0. The molecule has 89 valence electrons. The number of benzene rings is 1. The minimum absolute atomic E-state index is 0.786. The Hall–Kier alpha value is -1.25. The Morgan fingerprint density at radius 1 is 1.24 bits per heavy atom. The molecule has 0 saturated heterocycles. The molecule has 0 N–H and O–H groups in total. The molecule has 1 aromatic rings. The van der Waals surface area contributed by atoms with Crippen LogP contribution in [0.5, 0.6) is 0 Å². The number of hydrogen-bond donors (Lipinski definition) is 0. The summed E-state index contributed by atoms with van der Waals surface area (Å²) in [5.74, 6) is 0. The van der Waals surface area contributed by atoms with Crippen LogP contribution < -0.4 is 0 Å². The summed E-state index contributed by atoms with van der Waals surface area (Å²) in [7, 11) is 0. The molecule has 1 nitrogen and oxygen atoms in total. The van der Waals surface area contributed by atoms with Crippen molar-refractivity contribution in [3.63, 3.8) is 0 Å². The standard InChI is InChI=1S/C15H18NS/c1-4-10-14(6-3)16(13-5-2)17-15-11-8-7-9-12-15/h4-9,11-12H,1-3,10,13H2/i13+2,15+2. The summed E-state index contributed by atoms with van der Waals surface area (Å²) >= 11 is 1.69. The molecule has 1 radical (unpaired) electrons. The van der Waals surface area contributed by atoms with Gasteiger partial charge in [-0.1, -0.05) is 36.4 Å². The third-order valence-corrected chi connectivity index (χ3v) is 3.25. The van der Waals surface area contributed by atoms with Gasteiger partial charge in [-0.2, -0.15) is 0 Å². The average molecular weight is 248 g/mol. The first-order valence-corrected chi connectivity index (χ1v) is 6.29. The van der Waals surface area contributed by atoms with Gasteiger partial charge in [0, 0.05) is 11.4 Å². The van der Waals surface area contributed by atoms with E-state index in [9.17, 15) is 0 Å². The van der Waals surface area contributed by atoms with Crippen molar-refractivity contribution in [1.82, 2.24) is 4.31 Å². The molecule has 0 aliphatic carbocycles. The Kier molecular flexibility index (Phi) is 6.45. The van der Waals surface area contributed by atoms with Crippen LogP contribution in [0.1, 0.15) is 6.42 Å². The van der Waals surface area contributed by atoms with E-state index in [1.165, 1.54) is 4.90 Å². The first kappa shape index (κ1) is 13.8. The fraction of sp³-hybridized carbons (Fsp3) is 0.133. The molecule has 0 saturated carbocycles. The summed E-state index contributed by atoms with van der Waals surface area (Å²) < 4.78 is 2.18. The van der Waals surface area contributed by atoms with E-state index >= 15 is 0 Å². The lowest BCUT2D eigenvalue weighted by molar-refractivity contribution is 0.554. The Morgan fingerprint density at radius 2 is 1.94 bits per heavy atom. The molecule has 0 heterocycles. The summed E-state index contributed by atoms with van der Waals surface area (Å²) in [4.78, 5) is 1.21. The molecule has 0 amide bonds. The minimum Gasteiger partial charge on any atom is -0.230 e. The van der Waals surface area contributed by atoms with Gasteiger partial charge in [0.2, 0.25) is 0 Å². The monoisotopic (exact) mass is 248 g/mol.